The molecule has 0 aliphatic rings. The Hall–Kier alpha value is -2.99. The fourth-order valence-corrected chi connectivity index (χ4v) is 3.43. The van der Waals surface area contributed by atoms with Gasteiger partial charge in [-0.3, -0.25) is 4.79 Å². The normalized spacial score (nSPS) is 12.2. The van der Waals surface area contributed by atoms with Gasteiger partial charge in [-0.1, -0.05) is 48.5 Å². The lowest BCUT2D eigenvalue weighted by Crippen LogP contribution is -2.12. The first kappa shape index (κ1) is 16.5. The fraction of sp³-hybridized carbons (Fsp3) is 0.150. The number of rotatable bonds is 5. The second-order valence-corrected chi connectivity index (χ2v) is 6.82. The summed E-state index contributed by atoms with van der Waals surface area (Å²) in [5.74, 6) is 0.399. The molecule has 0 saturated heterocycles. The van der Waals surface area contributed by atoms with Crippen LogP contribution in [-0.2, 0) is 16.0 Å². The molecule has 0 N–H and O–H groups in total. The van der Waals surface area contributed by atoms with Crippen molar-refractivity contribution >= 4 is 28.1 Å². The highest BCUT2D eigenvalue weighted by molar-refractivity contribution is 7.13. The third-order valence-electron chi connectivity index (χ3n) is 4.04. The molecule has 0 saturated carbocycles. The molecule has 4 aromatic rings. The number of ether oxygens (including phenoxy) is 1. The molecule has 6 heteroatoms. The molecule has 5 nitrogen and oxygen atoms in total. The number of carbonyl (C=O) groups is 1. The fourth-order valence-electron chi connectivity index (χ4n) is 2.79. The van der Waals surface area contributed by atoms with Gasteiger partial charge < -0.3 is 9.15 Å². The van der Waals surface area contributed by atoms with Gasteiger partial charge in [-0.2, -0.15) is 0 Å². The van der Waals surface area contributed by atoms with Crippen molar-refractivity contribution in [3.8, 4) is 10.8 Å². The third-order valence-corrected chi connectivity index (χ3v) is 4.90. The van der Waals surface area contributed by atoms with Gasteiger partial charge in [0, 0.05) is 0 Å². The van der Waals surface area contributed by atoms with Crippen LogP contribution in [0.1, 0.15) is 24.5 Å². The summed E-state index contributed by atoms with van der Waals surface area (Å²) in [5.41, 5.74) is 0.935. The molecule has 2 aromatic carbocycles. The van der Waals surface area contributed by atoms with Gasteiger partial charge in [0.25, 0.3) is 11.8 Å². The van der Waals surface area contributed by atoms with Crippen molar-refractivity contribution in [2.75, 3.05) is 0 Å². The zero-order valence-electron chi connectivity index (χ0n) is 14.1. The van der Waals surface area contributed by atoms with Crippen LogP contribution in [-0.4, -0.2) is 16.2 Å². The third kappa shape index (κ3) is 3.36. The number of nitrogens with zero attached hydrogens (tertiary/aromatic N) is 2. The number of esters is 1. The molecule has 0 fully saturated rings. The summed E-state index contributed by atoms with van der Waals surface area (Å²) >= 11 is 1.51. The van der Waals surface area contributed by atoms with Crippen LogP contribution < -0.4 is 0 Å². The van der Waals surface area contributed by atoms with Crippen molar-refractivity contribution in [1.29, 1.82) is 0 Å². The molecule has 0 bridgehead atoms. The maximum absolute atomic E-state index is 12.4. The van der Waals surface area contributed by atoms with Crippen LogP contribution >= 0.6 is 11.3 Å². The largest absolute Gasteiger partial charge is 0.452 e. The average molecular weight is 364 g/mol. The van der Waals surface area contributed by atoms with Gasteiger partial charge in [-0.15, -0.1) is 21.5 Å². The lowest BCUT2D eigenvalue weighted by atomic mass is 10.0. The second-order valence-electron chi connectivity index (χ2n) is 5.87. The summed E-state index contributed by atoms with van der Waals surface area (Å²) in [4.78, 5) is 13.3. The molecule has 0 spiro atoms. The SMILES string of the molecule is C[C@@H](OC(=O)Cc1cccc2ccccc12)c1nnc(-c2cccs2)o1. The first-order chi connectivity index (χ1) is 12.7. The average Bonchev–Trinajstić information content (AvgIpc) is 3.33. The number of aromatic nitrogens is 2. The van der Waals surface area contributed by atoms with Crippen LogP contribution in [0.2, 0.25) is 0 Å². The number of hydrogen-bond donors (Lipinski definition) is 0. The van der Waals surface area contributed by atoms with Gasteiger partial charge in [0.15, 0.2) is 6.10 Å². The predicted octanol–water partition coefficient (Wildman–Crippen LogP) is 4.80. The zero-order valence-corrected chi connectivity index (χ0v) is 14.9. The van der Waals surface area contributed by atoms with Crippen molar-refractivity contribution in [2.24, 2.45) is 0 Å². The van der Waals surface area contributed by atoms with Crippen LogP contribution in [0.3, 0.4) is 0 Å². The Morgan fingerprint density at radius 2 is 1.96 bits per heavy atom. The van der Waals surface area contributed by atoms with Crippen molar-refractivity contribution in [3.05, 3.63) is 71.4 Å². The van der Waals surface area contributed by atoms with E-state index in [-0.39, 0.29) is 12.4 Å². The minimum absolute atomic E-state index is 0.192. The van der Waals surface area contributed by atoms with Crippen molar-refractivity contribution in [1.82, 2.24) is 10.2 Å². The summed E-state index contributed by atoms with van der Waals surface area (Å²) in [6, 6.07) is 17.7. The molecule has 0 amide bonds. The molecule has 130 valence electrons. The van der Waals surface area contributed by atoms with Crippen LogP contribution in [0.4, 0.5) is 0 Å². The monoisotopic (exact) mass is 364 g/mol. The van der Waals surface area contributed by atoms with E-state index in [0.29, 0.717) is 11.8 Å². The minimum atomic E-state index is -0.598. The molecular weight excluding hydrogens is 348 g/mol. The Morgan fingerprint density at radius 1 is 1.12 bits per heavy atom. The van der Waals surface area contributed by atoms with Crippen LogP contribution in [0.25, 0.3) is 21.5 Å². The van der Waals surface area contributed by atoms with E-state index in [2.05, 4.69) is 10.2 Å². The Labute approximate surface area is 154 Å². The lowest BCUT2D eigenvalue weighted by Gasteiger charge is -2.10. The van der Waals surface area contributed by atoms with Crippen molar-refractivity contribution in [3.63, 3.8) is 0 Å². The zero-order chi connectivity index (χ0) is 17.9. The number of thiophene rings is 1. The summed E-state index contributed by atoms with van der Waals surface area (Å²) in [6.45, 7) is 1.73. The molecule has 2 aromatic heterocycles. The van der Waals surface area contributed by atoms with E-state index in [1.54, 1.807) is 6.92 Å². The summed E-state index contributed by atoms with van der Waals surface area (Å²) < 4.78 is 11.1. The van der Waals surface area contributed by atoms with E-state index in [1.807, 2.05) is 60.0 Å². The Bertz CT molecular complexity index is 1030. The molecule has 26 heavy (non-hydrogen) atoms. The quantitative estimate of drug-likeness (QED) is 0.476. The van der Waals surface area contributed by atoms with Gasteiger partial charge in [-0.05, 0) is 34.7 Å². The smallest absolute Gasteiger partial charge is 0.311 e. The number of benzene rings is 2. The van der Waals surface area contributed by atoms with Gasteiger partial charge in [0.05, 0.1) is 11.3 Å². The number of fused-ring (bicyclic) bond motifs is 1. The van der Waals surface area contributed by atoms with E-state index in [4.69, 9.17) is 9.15 Å². The topological polar surface area (TPSA) is 65.2 Å². The van der Waals surface area contributed by atoms with Crippen LogP contribution in [0.15, 0.2) is 64.4 Å². The number of carbonyl (C=O) groups excluding carboxylic acids is 1. The molecular formula is C20H16N2O3S. The molecule has 1 atom stereocenters. The van der Waals surface area contributed by atoms with Gasteiger partial charge >= 0.3 is 5.97 Å². The highest BCUT2D eigenvalue weighted by atomic mass is 32.1. The molecule has 4 rings (SSSR count). The van der Waals surface area contributed by atoms with Crippen molar-refractivity contribution in [2.45, 2.75) is 19.4 Å². The van der Waals surface area contributed by atoms with E-state index < -0.39 is 6.10 Å². The maximum atomic E-state index is 12.4. The van der Waals surface area contributed by atoms with Gasteiger partial charge in [0.1, 0.15) is 0 Å². The minimum Gasteiger partial charge on any atom is -0.452 e. The van der Waals surface area contributed by atoms with Gasteiger partial charge in [0.2, 0.25) is 0 Å². The first-order valence-electron chi connectivity index (χ1n) is 8.24. The van der Waals surface area contributed by atoms with Crippen LogP contribution in [0, 0.1) is 0 Å². The molecule has 2 heterocycles. The van der Waals surface area contributed by atoms with E-state index in [1.165, 1.54) is 11.3 Å². The standard InChI is InChI=1S/C20H16N2O3S/c1-13(19-21-22-20(25-19)17-10-5-11-26-17)24-18(23)12-15-8-4-7-14-6-2-3-9-16(14)15/h2-11,13H,12H2,1H3/t13-/m1/s1. The summed E-state index contributed by atoms with van der Waals surface area (Å²) in [5, 5.41) is 12.1. The molecule has 0 radical (unpaired) electrons. The van der Waals surface area contributed by atoms with E-state index >= 15 is 0 Å². The van der Waals surface area contributed by atoms with Crippen molar-refractivity contribution < 1.29 is 13.9 Å². The molecule has 0 aliphatic carbocycles. The Balaban J connectivity index is 1.46. The maximum Gasteiger partial charge on any atom is 0.311 e. The lowest BCUT2D eigenvalue weighted by molar-refractivity contribution is -0.148. The summed E-state index contributed by atoms with van der Waals surface area (Å²) in [6.07, 6.45) is -0.406. The highest BCUT2D eigenvalue weighted by Gasteiger charge is 2.20. The van der Waals surface area contributed by atoms with E-state index in [0.717, 1.165) is 21.2 Å². The van der Waals surface area contributed by atoms with E-state index in [9.17, 15) is 4.79 Å². The number of hydrogen-bond acceptors (Lipinski definition) is 6. The Morgan fingerprint density at radius 3 is 2.81 bits per heavy atom. The van der Waals surface area contributed by atoms with Gasteiger partial charge in [-0.25, -0.2) is 0 Å². The second kappa shape index (κ2) is 7.09. The first-order valence-corrected chi connectivity index (χ1v) is 9.12. The molecule has 0 unspecified atom stereocenters. The summed E-state index contributed by atoms with van der Waals surface area (Å²) in [7, 11) is 0. The predicted molar refractivity (Wildman–Crippen MR) is 99.8 cm³/mol. The highest BCUT2D eigenvalue weighted by Crippen LogP contribution is 2.26. The molecule has 0 aliphatic heterocycles. The Kier molecular flexibility index (Phi) is 4.50. The van der Waals surface area contributed by atoms with Crippen LogP contribution in [0.5, 0.6) is 0 Å².